The van der Waals surface area contributed by atoms with Gasteiger partial charge in [0.15, 0.2) is 0 Å². The molecule has 0 saturated carbocycles. The van der Waals surface area contributed by atoms with Gasteiger partial charge in [-0.3, -0.25) is 4.79 Å². The average molecular weight is 355 g/mol. The Labute approximate surface area is 139 Å². The van der Waals surface area contributed by atoms with E-state index in [1.165, 1.54) is 11.8 Å². The zero-order valence-corrected chi connectivity index (χ0v) is 14.3. The first kappa shape index (κ1) is 18.0. The van der Waals surface area contributed by atoms with E-state index in [0.717, 1.165) is 24.2 Å². The third kappa shape index (κ3) is 7.07. The standard InChI is InChI=1S/C14H18Cl3NOS/c1-2-3-5-10-12(19)18-13(14(15,16)17)20-11-8-6-4-7-9-11/h4,6-9,13H,2-3,5,10H2,1H3,(H,18,19)/t13-/m0/s1. The minimum atomic E-state index is -1.55. The Balaban J connectivity index is 2.59. The molecule has 1 atom stereocenters. The van der Waals surface area contributed by atoms with Crippen molar-refractivity contribution in [1.82, 2.24) is 5.32 Å². The number of carbonyl (C=O) groups excluding carboxylic acids is 1. The van der Waals surface area contributed by atoms with Crippen molar-refractivity contribution in [1.29, 1.82) is 0 Å². The van der Waals surface area contributed by atoms with Gasteiger partial charge in [0.25, 0.3) is 0 Å². The second-order valence-electron chi connectivity index (χ2n) is 4.38. The molecule has 1 N–H and O–H groups in total. The first-order valence-electron chi connectivity index (χ1n) is 6.51. The van der Waals surface area contributed by atoms with E-state index in [1.54, 1.807) is 0 Å². The van der Waals surface area contributed by atoms with Gasteiger partial charge in [0, 0.05) is 11.3 Å². The Bertz CT molecular complexity index is 409. The van der Waals surface area contributed by atoms with Gasteiger partial charge in [0.1, 0.15) is 5.37 Å². The van der Waals surface area contributed by atoms with Crippen LogP contribution >= 0.6 is 46.6 Å². The van der Waals surface area contributed by atoms with Crippen molar-refractivity contribution in [2.24, 2.45) is 0 Å². The van der Waals surface area contributed by atoms with Crippen LogP contribution in [0.15, 0.2) is 35.2 Å². The first-order chi connectivity index (χ1) is 9.43. The third-order valence-corrected chi connectivity index (χ3v) is 4.89. The molecule has 0 heterocycles. The van der Waals surface area contributed by atoms with Gasteiger partial charge in [0.2, 0.25) is 9.70 Å². The molecule has 0 aliphatic heterocycles. The van der Waals surface area contributed by atoms with Gasteiger partial charge in [-0.2, -0.15) is 0 Å². The van der Waals surface area contributed by atoms with Gasteiger partial charge >= 0.3 is 0 Å². The minimum absolute atomic E-state index is 0.0850. The Hall–Kier alpha value is -0.0900. The maximum atomic E-state index is 11.9. The Morgan fingerprint density at radius 3 is 2.45 bits per heavy atom. The van der Waals surface area contributed by atoms with Crippen molar-refractivity contribution in [3.8, 4) is 0 Å². The zero-order chi connectivity index (χ0) is 15.0. The summed E-state index contributed by atoms with van der Waals surface area (Å²) >= 11 is 19.2. The monoisotopic (exact) mass is 353 g/mol. The predicted molar refractivity (Wildman–Crippen MR) is 88.7 cm³/mol. The number of halogens is 3. The lowest BCUT2D eigenvalue weighted by molar-refractivity contribution is -0.121. The summed E-state index contributed by atoms with van der Waals surface area (Å²) in [4.78, 5) is 12.8. The van der Waals surface area contributed by atoms with E-state index in [1.807, 2.05) is 30.3 Å². The lowest BCUT2D eigenvalue weighted by atomic mass is 10.2. The molecule has 0 radical (unpaired) electrons. The molecule has 0 aliphatic carbocycles. The van der Waals surface area contributed by atoms with E-state index in [-0.39, 0.29) is 5.91 Å². The summed E-state index contributed by atoms with van der Waals surface area (Å²) < 4.78 is -1.55. The van der Waals surface area contributed by atoms with Gasteiger partial charge < -0.3 is 5.32 Å². The molecule has 1 rings (SSSR count). The number of alkyl halides is 3. The summed E-state index contributed by atoms with van der Waals surface area (Å²) in [5.74, 6) is -0.0850. The fourth-order valence-corrected chi connectivity index (χ4v) is 3.04. The highest BCUT2D eigenvalue weighted by molar-refractivity contribution is 8.00. The van der Waals surface area contributed by atoms with E-state index in [2.05, 4.69) is 12.2 Å². The summed E-state index contributed by atoms with van der Waals surface area (Å²) in [5, 5.41) is 2.19. The number of thioether (sulfide) groups is 1. The molecule has 0 saturated heterocycles. The molecule has 6 heteroatoms. The third-order valence-electron chi connectivity index (χ3n) is 2.59. The molecular formula is C14H18Cl3NOS. The fraction of sp³-hybridized carbons (Fsp3) is 0.500. The molecular weight excluding hydrogens is 337 g/mol. The molecule has 2 nitrogen and oxygen atoms in total. The molecule has 0 spiro atoms. The highest BCUT2D eigenvalue weighted by Gasteiger charge is 2.34. The lowest BCUT2D eigenvalue weighted by Gasteiger charge is -2.25. The van der Waals surface area contributed by atoms with Crippen LogP contribution in [-0.2, 0) is 4.79 Å². The maximum absolute atomic E-state index is 11.9. The predicted octanol–water partition coefficient (Wildman–Crippen LogP) is 5.17. The van der Waals surface area contributed by atoms with Crippen LogP contribution in [0.2, 0.25) is 0 Å². The van der Waals surface area contributed by atoms with Crippen LogP contribution in [0.3, 0.4) is 0 Å². The van der Waals surface area contributed by atoms with Crippen LogP contribution in [0.1, 0.15) is 32.6 Å². The number of amides is 1. The molecule has 1 amide bonds. The average Bonchev–Trinajstić information content (AvgIpc) is 2.38. The SMILES string of the molecule is CCCCCC(=O)N[C@@H](Sc1ccccc1)C(Cl)(Cl)Cl. The number of nitrogens with one attached hydrogen (secondary N) is 1. The molecule has 1 aromatic rings. The van der Waals surface area contributed by atoms with Crippen LogP contribution in [0.5, 0.6) is 0 Å². The van der Waals surface area contributed by atoms with Crippen molar-refractivity contribution in [3.05, 3.63) is 30.3 Å². The smallest absolute Gasteiger partial charge is 0.221 e. The molecule has 0 aromatic heterocycles. The second kappa shape index (κ2) is 9.04. The normalized spacial score (nSPS) is 13.0. The Morgan fingerprint density at radius 2 is 1.90 bits per heavy atom. The highest BCUT2D eigenvalue weighted by atomic mass is 35.6. The fourth-order valence-electron chi connectivity index (χ4n) is 1.57. The molecule has 20 heavy (non-hydrogen) atoms. The van der Waals surface area contributed by atoms with Crippen LogP contribution < -0.4 is 5.32 Å². The van der Waals surface area contributed by atoms with E-state index >= 15 is 0 Å². The lowest BCUT2D eigenvalue weighted by Crippen LogP contribution is -2.41. The van der Waals surface area contributed by atoms with Gasteiger partial charge in [-0.05, 0) is 18.6 Å². The molecule has 0 bridgehead atoms. The first-order valence-corrected chi connectivity index (χ1v) is 8.52. The van der Waals surface area contributed by atoms with Crippen molar-refractivity contribution < 1.29 is 4.79 Å². The van der Waals surface area contributed by atoms with Crippen LogP contribution in [0.25, 0.3) is 0 Å². The topological polar surface area (TPSA) is 29.1 Å². The van der Waals surface area contributed by atoms with Crippen LogP contribution in [0.4, 0.5) is 0 Å². The molecule has 1 aromatic carbocycles. The quantitative estimate of drug-likeness (QED) is 0.317. The second-order valence-corrected chi connectivity index (χ2v) is 7.92. The number of benzene rings is 1. The van der Waals surface area contributed by atoms with Crippen LogP contribution in [0, 0.1) is 0 Å². The summed E-state index contributed by atoms with van der Waals surface area (Å²) in [6.07, 6.45) is 3.41. The summed E-state index contributed by atoms with van der Waals surface area (Å²) in [6, 6.07) is 9.55. The Morgan fingerprint density at radius 1 is 1.25 bits per heavy atom. The van der Waals surface area contributed by atoms with Crippen molar-refractivity contribution >= 4 is 52.5 Å². The largest absolute Gasteiger partial charge is 0.340 e. The summed E-state index contributed by atoms with van der Waals surface area (Å²) in [6.45, 7) is 2.09. The zero-order valence-electron chi connectivity index (χ0n) is 11.2. The number of unbranched alkanes of at least 4 members (excludes halogenated alkanes) is 2. The van der Waals surface area contributed by atoms with E-state index in [4.69, 9.17) is 34.8 Å². The number of carbonyl (C=O) groups is 1. The number of hydrogen-bond donors (Lipinski definition) is 1. The molecule has 0 unspecified atom stereocenters. The summed E-state index contributed by atoms with van der Waals surface area (Å²) in [5.41, 5.74) is 0. The van der Waals surface area contributed by atoms with Crippen molar-refractivity contribution in [2.75, 3.05) is 0 Å². The van der Waals surface area contributed by atoms with Gasteiger partial charge in [-0.25, -0.2) is 0 Å². The van der Waals surface area contributed by atoms with Gasteiger partial charge in [-0.15, -0.1) is 0 Å². The van der Waals surface area contributed by atoms with E-state index in [0.29, 0.717) is 6.42 Å². The molecule has 0 aliphatic rings. The molecule has 0 fully saturated rings. The van der Waals surface area contributed by atoms with Gasteiger partial charge in [0.05, 0.1) is 0 Å². The van der Waals surface area contributed by atoms with Gasteiger partial charge in [-0.1, -0.05) is 84.5 Å². The number of hydrogen-bond acceptors (Lipinski definition) is 2. The summed E-state index contributed by atoms with van der Waals surface area (Å²) in [7, 11) is 0. The van der Waals surface area contributed by atoms with E-state index in [9.17, 15) is 4.79 Å². The maximum Gasteiger partial charge on any atom is 0.221 e. The molecule has 112 valence electrons. The van der Waals surface area contributed by atoms with E-state index < -0.39 is 9.17 Å². The number of rotatable bonds is 7. The minimum Gasteiger partial charge on any atom is -0.340 e. The van der Waals surface area contributed by atoms with Crippen LogP contribution in [-0.4, -0.2) is 15.1 Å². The van der Waals surface area contributed by atoms with Crippen molar-refractivity contribution in [3.63, 3.8) is 0 Å². The Kier molecular flexibility index (Phi) is 8.11. The highest BCUT2D eigenvalue weighted by Crippen LogP contribution is 2.39. The van der Waals surface area contributed by atoms with Crippen molar-refractivity contribution in [2.45, 2.75) is 46.7 Å².